The van der Waals surface area contributed by atoms with Crippen molar-refractivity contribution in [2.45, 2.75) is 6.04 Å². The van der Waals surface area contributed by atoms with Crippen LogP contribution in [0.1, 0.15) is 17.3 Å². The van der Waals surface area contributed by atoms with Gasteiger partial charge in [0.2, 0.25) is 0 Å². The summed E-state index contributed by atoms with van der Waals surface area (Å²) in [6.45, 7) is 0. The lowest BCUT2D eigenvalue weighted by molar-refractivity contribution is 0.406. The second-order valence-corrected chi connectivity index (χ2v) is 4.21. The van der Waals surface area contributed by atoms with Crippen LogP contribution >= 0.6 is 0 Å². The summed E-state index contributed by atoms with van der Waals surface area (Å²) in [6, 6.07) is -0.371. The van der Waals surface area contributed by atoms with E-state index in [-0.39, 0.29) is 6.04 Å². The molecule has 0 fully saturated rings. The number of aryl methyl sites for hydroxylation is 1. The number of hydrogen-bond acceptors (Lipinski definition) is 5. The number of hydrogen-bond donors (Lipinski definition) is 1. The maximum absolute atomic E-state index is 6.33. The van der Waals surface area contributed by atoms with Crippen molar-refractivity contribution in [1.82, 2.24) is 24.4 Å². The van der Waals surface area contributed by atoms with Crippen LogP contribution in [0, 0.1) is 0 Å². The van der Waals surface area contributed by atoms with E-state index < -0.39 is 0 Å². The van der Waals surface area contributed by atoms with Crippen LogP contribution < -0.4 is 10.5 Å². The van der Waals surface area contributed by atoms with Gasteiger partial charge in [0.25, 0.3) is 0 Å². The summed E-state index contributed by atoms with van der Waals surface area (Å²) in [7, 11) is 3.44. The van der Waals surface area contributed by atoms with Gasteiger partial charge in [-0.05, 0) is 0 Å². The van der Waals surface area contributed by atoms with Crippen LogP contribution in [0.25, 0.3) is 5.52 Å². The molecule has 7 nitrogen and oxygen atoms in total. The molecule has 3 rings (SSSR count). The van der Waals surface area contributed by atoms with Gasteiger partial charge in [-0.2, -0.15) is 10.2 Å². The predicted octanol–water partition coefficient (Wildman–Crippen LogP) is 0.519. The first-order valence-electron chi connectivity index (χ1n) is 5.81. The van der Waals surface area contributed by atoms with Crippen molar-refractivity contribution in [3.05, 3.63) is 42.2 Å². The van der Waals surface area contributed by atoms with Crippen molar-refractivity contribution >= 4 is 5.52 Å². The van der Waals surface area contributed by atoms with Crippen LogP contribution in [0.3, 0.4) is 0 Å². The van der Waals surface area contributed by atoms with E-state index in [9.17, 15) is 0 Å². The quantitative estimate of drug-likeness (QED) is 0.740. The Hall–Kier alpha value is -2.41. The molecule has 0 saturated carbocycles. The fourth-order valence-electron chi connectivity index (χ4n) is 2.18. The highest BCUT2D eigenvalue weighted by molar-refractivity contribution is 5.56. The molecule has 0 aliphatic carbocycles. The number of aromatic nitrogens is 5. The Bertz CT molecular complexity index is 716. The van der Waals surface area contributed by atoms with Gasteiger partial charge in [-0.1, -0.05) is 0 Å². The molecular formula is C12H14N6O. The Morgan fingerprint density at radius 1 is 1.26 bits per heavy atom. The number of nitrogens with zero attached hydrogens (tertiary/aromatic N) is 5. The van der Waals surface area contributed by atoms with E-state index in [1.54, 1.807) is 47.3 Å². The number of ether oxygens (including phenoxy) is 1. The van der Waals surface area contributed by atoms with Crippen molar-refractivity contribution in [2.75, 3.05) is 7.11 Å². The van der Waals surface area contributed by atoms with E-state index in [4.69, 9.17) is 10.5 Å². The molecule has 2 N–H and O–H groups in total. The van der Waals surface area contributed by atoms with E-state index in [0.29, 0.717) is 5.75 Å². The van der Waals surface area contributed by atoms with Gasteiger partial charge in [-0.3, -0.25) is 9.67 Å². The Labute approximate surface area is 109 Å². The fraction of sp³-hybridized carbons (Fsp3) is 0.250. The predicted molar refractivity (Wildman–Crippen MR) is 68.8 cm³/mol. The molecule has 3 heterocycles. The molecule has 98 valence electrons. The third-order valence-electron chi connectivity index (χ3n) is 3.15. The zero-order valence-electron chi connectivity index (χ0n) is 10.7. The van der Waals surface area contributed by atoms with Crippen LogP contribution in [-0.4, -0.2) is 31.5 Å². The van der Waals surface area contributed by atoms with E-state index in [2.05, 4.69) is 15.2 Å². The summed E-state index contributed by atoms with van der Waals surface area (Å²) in [6.07, 6.45) is 8.60. The molecule has 0 saturated heterocycles. The van der Waals surface area contributed by atoms with Crippen molar-refractivity contribution in [1.29, 1.82) is 0 Å². The van der Waals surface area contributed by atoms with Gasteiger partial charge in [0.15, 0.2) is 5.75 Å². The van der Waals surface area contributed by atoms with Gasteiger partial charge in [-0.15, -0.1) is 0 Å². The second-order valence-electron chi connectivity index (χ2n) is 4.21. The van der Waals surface area contributed by atoms with Crippen LogP contribution in [0.15, 0.2) is 31.0 Å². The average Bonchev–Trinajstić information content (AvgIpc) is 3.01. The molecule has 1 unspecified atom stereocenters. The molecule has 0 amide bonds. The molecule has 0 aliphatic heterocycles. The highest BCUT2D eigenvalue weighted by atomic mass is 16.5. The molecule has 0 aromatic carbocycles. The van der Waals surface area contributed by atoms with Gasteiger partial charge < -0.3 is 10.5 Å². The van der Waals surface area contributed by atoms with Crippen molar-refractivity contribution in [2.24, 2.45) is 12.8 Å². The van der Waals surface area contributed by atoms with Crippen molar-refractivity contribution in [3.63, 3.8) is 0 Å². The molecule has 0 radical (unpaired) electrons. The Balaban J connectivity index is 2.13. The van der Waals surface area contributed by atoms with Crippen molar-refractivity contribution in [3.8, 4) is 5.75 Å². The average molecular weight is 258 g/mol. The summed E-state index contributed by atoms with van der Waals surface area (Å²) in [4.78, 5) is 4.10. The lowest BCUT2D eigenvalue weighted by Crippen LogP contribution is -2.16. The van der Waals surface area contributed by atoms with E-state index in [1.807, 2.05) is 7.05 Å². The Kier molecular flexibility index (Phi) is 2.68. The lowest BCUT2D eigenvalue weighted by atomic mass is 10.1. The zero-order chi connectivity index (χ0) is 13.4. The highest BCUT2D eigenvalue weighted by Crippen LogP contribution is 2.29. The summed E-state index contributed by atoms with van der Waals surface area (Å²) in [5.41, 5.74) is 8.89. The van der Waals surface area contributed by atoms with E-state index >= 15 is 0 Å². The summed E-state index contributed by atoms with van der Waals surface area (Å²) >= 11 is 0. The van der Waals surface area contributed by atoms with Gasteiger partial charge in [0.1, 0.15) is 5.69 Å². The molecule has 0 aliphatic rings. The van der Waals surface area contributed by atoms with Crippen LogP contribution in [0.5, 0.6) is 5.75 Å². The summed E-state index contributed by atoms with van der Waals surface area (Å²) < 4.78 is 8.74. The third-order valence-corrected chi connectivity index (χ3v) is 3.15. The minimum absolute atomic E-state index is 0.371. The van der Waals surface area contributed by atoms with E-state index in [0.717, 1.165) is 16.8 Å². The smallest absolute Gasteiger partial charge is 0.161 e. The molecule has 19 heavy (non-hydrogen) atoms. The van der Waals surface area contributed by atoms with Crippen LogP contribution in [0.4, 0.5) is 0 Å². The lowest BCUT2D eigenvalue weighted by Gasteiger charge is -2.12. The van der Waals surface area contributed by atoms with Crippen molar-refractivity contribution < 1.29 is 4.74 Å². The monoisotopic (exact) mass is 258 g/mol. The van der Waals surface area contributed by atoms with Gasteiger partial charge in [0, 0.05) is 25.0 Å². The number of fused-ring (bicyclic) bond motifs is 1. The second kappa shape index (κ2) is 4.36. The van der Waals surface area contributed by atoms with Gasteiger partial charge >= 0.3 is 0 Å². The first-order chi connectivity index (χ1) is 9.22. The number of nitrogens with two attached hydrogens (primary N) is 1. The Morgan fingerprint density at radius 2 is 2.11 bits per heavy atom. The first kappa shape index (κ1) is 11.7. The normalized spacial score (nSPS) is 12.8. The molecule has 0 bridgehead atoms. The minimum Gasteiger partial charge on any atom is -0.493 e. The molecule has 0 spiro atoms. The first-order valence-corrected chi connectivity index (χ1v) is 5.81. The topological polar surface area (TPSA) is 83.3 Å². The Morgan fingerprint density at radius 3 is 2.89 bits per heavy atom. The highest BCUT2D eigenvalue weighted by Gasteiger charge is 2.21. The maximum Gasteiger partial charge on any atom is 0.161 e. The van der Waals surface area contributed by atoms with Gasteiger partial charge in [-0.25, -0.2) is 4.52 Å². The van der Waals surface area contributed by atoms with Gasteiger partial charge in [0.05, 0.1) is 37.3 Å². The SMILES string of the molecule is COc1cnn(C)c1C(N)c1cnn2ccncc12. The maximum atomic E-state index is 6.33. The van der Waals surface area contributed by atoms with E-state index in [1.165, 1.54) is 0 Å². The number of methoxy groups -OCH3 is 1. The number of rotatable bonds is 3. The van der Waals surface area contributed by atoms with Crippen LogP contribution in [0.2, 0.25) is 0 Å². The third kappa shape index (κ3) is 1.75. The molecular weight excluding hydrogens is 244 g/mol. The minimum atomic E-state index is -0.371. The van der Waals surface area contributed by atoms with Crippen LogP contribution in [-0.2, 0) is 7.05 Å². The molecule has 1 atom stereocenters. The summed E-state index contributed by atoms with van der Waals surface area (Å²) in [5.74, 6) is 0.665. The molecule has 3 aromatic heterocycles. The molecule has 7 heteroatoms. The largest absolute Gasteiger partial charge is 0.493 e. The summed E-state index contributed by atoms with van der Waals surface area (Å²) in [5, 5.41) is 8.43. The standard InChI is InChI=1S/C12H14N6O/c1-17-12(10(19-2)7-15-17)11(13)8-5-16-18-4-3-14-6-9(8)18/h3-7,11H,13H2,1-2H3. The molecule has 3 aromatic rings. The fourth-order valence-corrected chi connectivity index (χ4v) is 2.18. The zero-order valence-corrected chi connectivity index (χ0v) is 10.7.